The number of nitrogens with one attached hydrogen (secondary N) is 1. The second-order valence-corrected chi connectivity index (χ2v) is 7.36. The van der Waals surface area contributed by atoms with Crippen LogP contribution < -0.4 is 5.43 Å². The predicted octanol–water partition coefficient (Wildman–Crippen LogP) is 4.28. The SMILES string of the molecule is CC(/C=N/NC(=O)c1ccccc1O)Cc1ccc(C(C)(C)C)cc1. The van der Waals surface area contributed by atoms with Crippen LogP contribution in [0.1, 0.15) is 49.2 Å². The van der Waals surface area contributed by atoms with Crippen molar-refractivity contribution in [3.63, 3.8) is 0 Å². The number of amides is 1. The molecule has 1 unspecified atom stereocenters. The van der Waals surface area contributed by atoms with E-state index in [2.05, 4.69) is 55.6 Å². The normalized spacial score (nSPS) is 13.0. The molecule has 2 aromatic carbocycles. The van der Waals surface area contributed by atoms with E-state index < -0.39 is 5.91 Å². The third kappa shape index (κ3) is 5.45. The van der Waals surface area contributed by atoms with E-state index in [0.29, 0.717) is 0 Å². The number of carbonyl (C=O) groups excluding carboxylic acids is 1. The number of hydrogen-bond donors (Lipinski definition) is 2. The van der Waals surface area contributed by atoms with Gasteiger partial charge in [0.1, 0.15) is 5.75 Å². The lowest BCUT2D eigenvalue weighted by Gasteiger charge is -2.19. The molecule has 1 amide bonds. The van der Waals surface area contributed by atoms with Crippen LogP contribution in [0.3, 0.4) is 0 Å². The number of para-hydroxylation sites is 1. The quantitative estimate of drug-likeness (QED) is 0.631. The summed E-state index contributed by atoms with van der Waals surface area (Å²) in [5.41, 5.74) is 5.37. The van der Waals surface area contributed by atoms with Gasteiger partial charge in [0, 0.05) is 6.21 Å². The zero-order chi connectivity index (χ0) is 18.4. The van der Waals surface area contributed by atoms with Crippen molar-refractivity contribution in [1.29, 1.82) is 0 Å². The molecular weight excluding hydrogens is 312 g/mol. The number of phenols is 1. The van der Waals surface area contributed by atoms with Gasteiger partial charge in [0.15, 0.2) is 0 Å². The Morgan fingerprint density at radius 3 is 2.40 bits per heavy atom. The summed E-state index contributed by atoms with van der Waals surface area (Å²) in [6.07, 6.45) is 2.57. The van der Waals surface area contributed by atoms with Gasteiger partial charge in [-0.2, -0.15) is 5.10 Å². The summed E-state index contributed by atoms with van der Waals surface area (Å²) in [5, 5.41) is 13.7. The van der Waals surface area contributed by atoms with Gasteiger partial charge in [0.05, 0.1) is 5.56 Å². The highest BCUT2D eigenvalue weighted by molar-refractivity contribution is 5.96. The number of aromatic hydroxyl groups is 1. The van der Waals surface area contributed by atoms with Crippen molar-refractivity contribution >= 4 is 12.1 Å². The number of benzene rings is 2. The molecule has 0 spiro atoms. The van der Waals surface area contributed by atoms with E-state index in [-0.39, 0.29) is 22.6 Å². The summed E-state index contributed by atoms with van der Waals surface area (Å²) in [4.78, 5) is 12.0. The molecular formula is C21H26N2O2. The first-order valence-corrected chi connectivity index (χ1v) is 8.48. The number of rotatable bonds is 5. The molecule has 0 fully saturated rings. The highest BCUT2D eigenvalue weighted by Gasteiger charge is 2.13. The van der Waals surface area contributed by atoms with E-state index in [4.69, 9.17) is 0 Å². The van der Waals surface area contributed by atoms with Crippen LogP contribution in [0.15, 0.2) is 53.6 Å². The Hall–Kier alpha value is -2.62. The van der Waals surface area contributed by atoms with Gasteiger partial charge in [-0.15, -0.1) is 0 Å². The number of nitrogens with zero attached hydrogens (tertiary/aromatic N) is 1. The standard InChI is InChI=1S/C21H26N2O2/c1-15(13-16-9-11-17(12-10-16)21(2,3)4)14-22-23-20(25)18-7-5-6-8-19(18)24/h5-12,14-15,24H,13H2,1-4H3,(H,23,25)/b22-14+. The zero-order valence-corrected chi connectivity index (χ0v) is 15.3. The van der Waals surface area contributed by atoms with Gasteiger partial charge in [-0.05, 0) is 41.0 Å². The molecule has 0 heterocycles. The summed E-state index contributed by atoms with van der Waals surface area (Å²) in [6, 6.07) is 15.0. The van der Waals surface area contributed by atoms with Crippen LogP contribution in [0.2, 0.25) is 0 Å². The highest BCUT2D eigenvalue weighted by atomic mass is 16.3. The Labute approximate surface area is 149 Å². The zero-order valence-electron chi connectivity index (χ0n) is 15.3. The summed E-state index contributed by atoms with van der Waals surface area (Å²) in [7, 11) is 0. The van der Waals surface area contributed by atoms with Crippen molar-refractivity contribution < 1.29 is 9.90 Å². The molecule has 0 saturated heterocycles. The lowest BCUT2D eigenvalue weighted by Crippen LogP contribution is -2.18. The molecule has 132 valence electrons. The first kappa shape index (κ1) is 18.7. The maximum Gasteiger partial charge on any atom is 0.275 e. The summed E-state index contributed by atoms with van der Waals surface area (Å²) < 4.78 is 0. The molecule has 4 nitrogen and oxygen atoms in total. The summed E-state index contributed by atoms with van der Waals surface area (Å²) >= 11 is 0. The molecule has 0 aliphatic heterocycles. The third-order valence-electron chi connectivity index (χ3n) is 4.02. The minimum Gasteiger partial charge on any atom is -0.507 e. The van der Waals surface area contributed by atoms with Crippen LogP contribution in [-0.4, -0.2) is 17.2 Å². The maximum atomic E-state index is 12.0. The van der Waals surface area contributed by atoms with Gasteiger partial charge >= 0.3 is 0 Å². The fourth-order valence-electron chi connectivity index (χ4n) is 2.51. The topological polar surface area (TPSA) is 61.7 Å². The van der Waals surface area contributed by atoms with Gasteiger partial charge in [-0.25, -0.2) is 5.43 Å². The molecule has 25 heavy (non-hydrogen) atoms. The molecule has 4 heteroatoms. The number of hydrogen-bond acceptors (Lipinski definition) is 3. The second kappa shape index (κ2) is 7.97. The fourth-order valence-corrected chi connectivity index (χ4v) is 2.51. The smallest absolute Gasteiger partial charge is 0.275 e. The van der Waals surface area contributed by atoms with Crippen molar-refractivity contribution in [2.45, 2.75) is 39.5 Å². The Morgan fingerprint density at radius 1 is 1.16 bits per heavy atom. The average molecular weight is 338 g/mol. The Morgan fingerprint density at radius 2 is 1.80 bits per heavy atom. The van der Waals surface area contributed by atoms with Gasteiger partial charge < -0.3 is 5.11 Å². The molecule has 1 atom stereocenters. The largest absolute Gasteiger partial charge is 0.507 e. The lowest BCUT2D eigenvalue weighted by molar-refractivity contribution is 0.0952. The molecule has 0 saturated carbocycles. The first-order chi connectivity index (χ1) is 11.8. The fraction of sp³-hybridized carbons (Fsp3) is 0.333. The lowest BCUT2D eigenvalue weighted by atomic mass is 9.86. The molecule has 0 radical (unpaired) electrons. The number of phenolic OH excluding ortho intramolecular Hbond substituents is 1. The van der Waals surface area contributed by atoms with Crippen molar-refractivity contribution in [2.75, 3.05) is 0 Å². The maximum absolute atomic E-state index is 12.0. The number of hydrazone groups is 1. The molecule has 2 rings (SSSR count). The minimum atomic E-state index is -0.420. The Bertz CT molecular complexity index is 743. The van der Waals surface area contributed by atoms with E-state index in [1.165, 1.54) is 17.2 Å². The van der Waals surface area contributed by atoms with E-state index in [1.54, 1.807) is 24.4 Å². The van der Waals surface area contributed by atoms with E-state index >= 15 is 0 Å². The van der Waals surface area contributed by atoms with Crippen LogP contribution in [0.4, 0.5) is 0 Å². The van der Waals surface area contributed by atoms with Crippen LogP contribution in [0.5, 0.6) is 5.75 Å². The van der Waals surface area contributed by atoms with Crippen LogP contribution in [-0.2, 0) is 11.8 Å². The van der Waals surface area contributed by atoms with Crippen molar-refractivity contribution in [2.24, 2.45) is 11.0 Å². The molecule has 2 aromatic rings. The predicted molar refractivity (Wildman–Crippen MR) is 102 cm³/mol. The summed E-state index contributed by atoms with van der Waals surface area (Å²) in [5.74, 6) is -0.288. The second-order valence-electron chi connectivity index (χ2n) is 7.36. The first-order valence-electron chi connectivity index (χ1n) is 8.48. The Kier molecular flexibility index (Phi) is 5.97. The van der Waals surface area contributed by atoms with Crippen molar-refractivity contribution in [1.82, 2.24) is 5.43 Å². The molecule has 0 aromatic heterocycles. The average Bonchev–Trinajstić information content (AvgIpc) is 2.54. The minimum absolute atomic E-state index is 0.0535. The molecule has 0 aliphatic carbocycles. The van der Waals surface area contributed by atoms with Crippen molar-refractivity contribution in [3.05, 3.63) is 65.2 Å². The number of carbonyl (C=O) groups is 1. The van der Waals surface area contributed by atoms with Crippen molar-refractivity contribution in [3.8, 4) is 5.75 Å². The molecule has 0 aliphatic rings. The highest BCUT2D eigenvalue weighted by Crippen LogP contribution is 2.22. The van der Waals surface area contributed by atoms with Crippen LogP contribution in [0, 0.1) is 5.92 Å². The third-order valence-corrected chi connectivity index (χ3v) is 4.02. The van der Waals surface area contributed by atoms with Gasteiger partial charge in [0.25, 0.3) is 5.91 Å². The molecule has 0 bridgehead atoms. The van der Waals surface area contributed by atoms with Gasteiger partial charge in [-0.3, -0.25) is 4.79 Å². The van der Waals surface area contributed by atoms with Crippen LogP contribution in [0.25, 0.3) is 0 Å². The molecule has 2 N–H and O–H groups in total. The van der Waals surface area contributed by atoms with E-state index in [9.17, 15) is 9.90 Å². The Balaban J connectivity index is 1.89. The van der Waals surface area contributed by atoms with Crippen LogP contribution >= 0.6 is 0 Å². The van der Waals surface area contributed by atoms with Gasteiger partial charge in [0.2, 0.25) is 0 Å². The van der Waals surface area contributed by atoms with Gasteiger partial charge in [-0.1, -0.05) is 64.1 Å². The summed E-state index contributed by atoms with van der Waals surface area (Å²) in [6.45, 7) is 8.65. The van der Waals surface area contributed by atoms with E-state index in [1.807, 2.05) is 6.92 Å². The van der Waals surface area contributed by atoms with E-state index in [0.717, 1.165) is 6.42 Å². The monoisotopic (exact) mass is 338 g/mol.